The Morgan fingerprint density at radius 3 is 3.07 bits per heavy atom. The summed E-state index contributed by atoms with van der Waals surface area (Å²) in [5.41, 5.74) is 5.40. The van der Waals surface area contributed by atoms with Crippen molar-refractivity contribution in [2.24, 2.45) is 0 Å². The summed E-state index contributed by atoms with van der Waals surface area (Å²) in [6, 6.07) is 12.6. The summed E-state index contributed by atoms with van der Waals surface area (Å²) in [6.45, 7) is 7.13. The summed E-state index contributed by atoms with van der Waals surface area (Å²) in [5.74, 6) is 1.17. The Hall–Kier alpha value is -3.34. The number of aromatic amines is 1. The van der Waals surface area contributed by atoms with Crippen molar-refractivity contribution in [2.75, 3.05) is 13.1 Å². The Morgan fingerprint density at radius 1 is 1.32 bits per heavy atom. The minimum atomic E-state index is -0.00965. The van der Waals surface area contributed by atoms with Crippen molar-refractivity contribution >= 4 is 27.8 Å². The molecule has 2 aromatic carbocycles. The molecule has 1 aliphatic heterocycles. The summed E-state index contributed by atoms with van der Waals surface area (Å²) >= 11 is 0. The van der Waals surface area contributed by atoms with E-state index in [1.807, 2.05) is 11.1 Å². The lowest BCUT2D eigenvalue weighted by atomic mass is 9.96. The fourth-order valence-corrected chi connectivity index (χ4v) is 4.24. The first kappa shape index (κ1) is 16.8. The van der Waals surface area contributed by atoms with Crippen molar-refractivity contribution in [3.8, 4) is 11.1 Å². The number of carbonyl (C=O) groups excluding carboxylic acids is 1. The van der Waals surface area contributed by atoms with Gasteiger partial charge in [-0.2, -0.15) is 5.10 Å². The number of furan rings is 1. The molecule has 140 valence electrons. The zero-order chi connectivity index (χ0) is 19.3. The summed E-state index contributed by atoms with van der Waals surface area (Å²) in [5, 5.41) is 9.43. The van der Waals surface area contributed by atoms with Crippen LogP contribution in [0.15, 0.2) is 59.7 Å². The normalized spacial score (nSPS) is 16.9. The molecule has 5 rings (SSSR count). The molecular weight excluding hydrogens is 350 g/mol. The van der Waals surface area contributed by atoms with Crippen molar-refractivity contribution in [2.45, 2.75) is 19.3 Å². The van der Waals surface area contributed by atoms with E-state index < -0.39 is 0 Å². The molecule has 2 aromatic heterocycles. The number of likely N-dealkylation sites (tertiary alicyclic amines) is 1. The van der Waals surface area contributed by atoms with E-state index in [9.17, 15) is 4.79 Å². The molecule has 0 spiro atoms. The van der Waals surface area contributed by atoms with Crippen LogP contribution in [-0.2, 0) is 4.79 Å². The number of hydrogen-bond donors (Lipinski definition) is 1. The first-order valence-electron chi connectivity index (χ1n) is 9.52. The molecule has 28 heavy (non-hydrogen) atoms. The molecule has 5 nitrogen and oxygen atoms in total. The molecule has 3 heterocycles. The summed E-state index contributed by atoms with van der Waals surface area (Å²) in [7, 11) is 0. The molecule has 4 aromatic rings. The van der Waals surface area contributed by atoms with E-state index in [-0.39, 0.29) is 11.8 Å². The molecule has 1 atom stereocenters. The third kappa shape index (κ3) is 2.62. The van der Waals surface area contributed by atoms with Crippen molar-refractivity contribution in [1.82, 2.24) is 15.1 Å². The highest BCUT2D eigenvalue weighted by atomic mass is 16.3. The van der Waals surface area contributed by atoms with Gasteiger partial charge in [-0.05, 0) is 54.3 Å². The van der Waals surface area contributed by atoms with Gasteiger partial charge in [0.2, 0.25) is 5.91 Å². The fourth-order valence-electron chi connectivity index (χ4n) is 4.24. The van der Waals surface area contributed by atoms with Crippen LogP contribution in [0.1, 0.15) is 23.7 Å². The molecule has 1 N–H and O–H groups in total. The minimum Gasteiger partial charge on any atom is -0.461 e. The van der Waals surface area contributed by atoms with Crippen LogP contribution >= 0.6 is 0 Å². The van der Waals surface area contributed by atoms with E-state index >= 15 is 0 Å². The van der Waals surface area contributed by atoms with E-state index in [4.69, 9.17) is 4.42 Å². The second-order valence-electron chi connectivity index (χ2n) is 7.46. The zero-order valence-electron chi connectivity index (χ0n) is 15.7. The molecule has 5 heteroatoms. The smallest absolute Gasteiger partial charge is 0.245 e. The van der Waals surface area contributed by atoms with Gasteiger partial charge in [-0.25, -0.2) is 0 Å². The highest BCUT2D eigenvalue weighted by Gasteiger charge is 2.28. The van der Waals surface area contributed by atoms with E-state index in [0.717, 1.165) is 46.2 Å². The van der Waals surface area contributed by atoms with E-state index in [1.165, 1.54) is 17.2 Å². The highest BCUT2D eigenvalue weighted by molar-refractivity contribution is 5.98. The van der Waals surface area contributed by atoms with Crippen molar-refractivity contribution < 1.29 is 9.21 Å². The molecule has 0 aliphatic carbocycles. The average Bonchev–Trinajstić information content (AvgIpc) is 3.44. The first-order valence-corrected chi connectivity index (χ1v) is 9.52. The van der Waals surface area contributed by atoms with Gasteiger partial charge in [0.05, 0.1) is 11.7 Å². The number of H-pyrrole nitrogens is 1. The van der Waals surface area contributed by atoms with Crippen LogP contribution in [0.4, 0.5) is 0 Å². The third-order valence-corrected chi connectivity index (χ3v) is 5.74. The highest BCUT2D eigenvalue weighted by Crippen LogP contribution is 2.36. The van der Waals surface area contributed by atoms with Crippen molar-refractivity contribution in [3.63, 3.8) is 0 Å². The molecule has 1 aliphatic rings. The topological polar surface area (TPSA) is 62.1 Å². The molecule has 1 unspecified atom stereocenters. The number of carbonyl (C=O) groups is 1. The van der Waals surface area contributed by atoms with Crippen molar-refractivity contribution in [1.29, 1.82) is 0 Å². The number of fused-ring (bicyclic) bond motifs is 2. The molecule has 0 bridgehead atoms. The average molecular weight is 371 g/mol. The van der Waals surface area contributed by atoms with Gasteiger partial charge in [0, 0.05) is 29.8 Å². The predicted octanol–water partition coefficient (Wildman–Crippen LogP) is 4.79. The lowest BCUT2D eigenvalue weighted by Gasteiger charge is -2.12. The van der Waals surface area contributed by atoms with Gasteiger partial charge in [-0.3, -0.25) is 9.89 Å². The Kier molecular flexibility index (Phi) is 3.83. The van der Waals surface area contributed by atoms with Gasteiger partial charge in [0.15, 0.2) is 0 Å². The number of benzene rings is 2. The first-order chi connectivity index (χ1) is 13.6. The largest absolute Gasteiger partial charge is 0.461 e. The monoisotopic (exact) mass is 371 g/mol. The van der Waals surface area contributed by atoms with Crippen LogP contribution in [0, 0.1) is 6.92 Å². The summed E-state index contributed by atoms with van der Waals surface area (Å²) in [4.78, 5) is 13.7. The van der Waals surface area contributed by atoms with Crippen LogP contribution in [0.3, 0.4) is 0 Å². The van der Waals surface area contributed by atoms with Crippen molar-refractivity contribution in [3.05, 3.63) is 66.6 Å². The number of amides is 1. The number of hydrogen-bond acceptors (Lipinski definition) is 3. The third-order valence-electron chi connectivity index (χ3n) is 5.74. The summed E-state index contributed by atoms with van der Waals surface area (Å²) < 4.78 is 6.22. The summed E-state index contributed by atoms with van der Waals surface area (Å²) in [6.07, 6.45) is 4.17. The van der Waals surface area contributed by atoms with Gasteiger partial charge in [0.25, 0.3) is 0 Å². The maximum Gasteiger partial charge on any atom is 0.245 e. The second-order valence-corrected chi connectivity index (χ2v) is 7.46. The van der Waals surface area contributed by atoms with E-state index in [0.29, 0.717) is 6.54 Å². The zero-order valence-corrected chi connectivity index (χ0v) is 15.7. The Bertz CT molecular complexity index is 1220. The quantitative estimate of drug-likeness (QED) is 0.527. The van der Waals surface area contributed by atoms with Crippen LogP contribution in [0.2, 0.25) is 0 Å². The van der Waals surface area contributed by atoms with Crippen LogP contribution in [-0.4, -0.2) is 34.1 Å². The molecule has 1 amide bonds. The lowest BCUT2D eigenvalue weighted by Crippen LogP contribution is -2.26. The maximum absolute atomic E-state index is 11.9. The molecule has 1 saturated heterocycles. The predicted molar refractivity (Wildman–Crippen MR) is 110 cm³/mol. The molecular formula is C23H21N3O2. The maximum atomic E-state index is 11.9. The number of aryl methyl sites for hydroxylation is 1. The Morgan fingerprint density at radius 2 is 2.21 bits per heavy atom. The number of rotatable bonds is 3. The van der Waals surface area contributed by atoms with Gasteiger partial charge in [-0.15, -0.1) is 0 Å². The van der Waals surface area contributed by atoms with E-state index in [1.54, 1.807) is 0 Å². The van der Waals surface area contributed by atoms with Gasteiger partial charge < -0.3 is 9.32 Å². The van der Waals surface area contributed by atoms with Crippen LogP contribution < -0.4 is 0 Å². The SMILES string of the molecule is C=CC(=O)N1CCC(c2cc3ccc(-c4c(C)ccc5[nH]ncc45)cc3o2)C1. The van der Waals surface area contributed by atoms with Gasteiger partial charge >= 0.3 is 0 Å². The standard InChI is InChI=1S/C23H21N3O2/c1-3-22(27)26-9-8-17(13-26)21-10-15-5-6-16(11-20(15)28-21)23-14(2)4-7-19-18(23)12-24-25-19/h3-7,10-12,17H,1,8-9,13H2,2H3,(H,24,25). The molecule has 0 radical (unpaired) electrons. The van der Waals surface area contributed by atoms with Gasteiger partial charge in [0.1, 0.15) is 11.3 Å². The van der Waals surface area contributed by atoms with Gasteiger partial charge in [-0.1, -0.05) is 24.8 Å². The number of aromatic nitrogens is 2. The minimum absolute atomic E-state index is 0.00965. The second kappa shape index (κ2) is 6.37. The van der Waals surface area contributed by atoms with Crippen LogP contribution in [0.25, 0.3) is 33.0 Å². The molecule has 1 fully saturated rings. The number of nitrogens with one attached hydrogen (secondary N) is 1. The van der Waals surface area contributed by atoms with E-state index in [2.05, 4.69) is 60.1 Å². The fraction of sp³-hybridized carbons (Fsp3) is 0.217. The number of nitrogens with zero attached hydrogens (tertiary/aromatic N) is 2. The Balaban J connectivity index is 1.53. The van der Waals surface area contributed by atoms with Crippen LogP contribution in [0.5, 0.6) is 0 Å². The molecule has 0 saturated carbocycles. The Labute approximate surface area is 162 Å². The lowest BCUT2D eigenvalue weighted by molar-refractivity contribution is -0.125.